The van der Waals surface area contributed by atoms with E-state index in [0.717, 1.165) is 0 Å². The third-order valence-electron chi connectivity index (χ3n) is 2.08. The first-order valence-electron chi connectivity index (χ1n) is 3.27. The molecule has 0 radical (unpaired) electrons. The second kappa shape index (κ2) is 1.28. The minimum absolute atomic E-state index is 0.211. The molecule has 0 aromatic rings. The Kier molecular flexibility index (Phi) is 0.743. The topological polar surface area (TPSA) is 0 Å². The van der Waals surface area contributed by atoms with Crippen LogP contribution in [0.2, 0.25) is 0 Å². The summed E-state index contributed by atoms with van der Waals surface area (Å²) in [6, 6.07) is 0. The summed E-state index contributed by atoms with van der Waals surface area (Å²) >= 11 is 0. The van der Waals surface area contributed by atoms with Crippen molar-refractivity contribution in [1.82, 2.24) is 0 Å². The van der Waals surface area contributed by atoms with Gasteiger partial charge < -0.3 is 0 Å². The van der Waals surface area contributed by atoms with E-state index < -0.39 is 5.67 Å². The Balaban J connectivity index is 2.31. The lowest BCUT2D eigenvalue weighted by Crippen LogP contribution is -2.00. The molecule has 2 aliphatic rings. The second-order valence-electron chi connectivity index (χ2n) is 2.98. The van der Waals surface area contributed by atoms with Gasteiger partial charge in [-0.3, -0.25) is 0 Å². The summed E-state index contributed by atoms with van der Waals surface area (Å²) in [4.78, 5) is 0. The van der Waals surface area contributed by atoms with Gasteiger partial charge in [-0.15, -0.1) is 0 Å². The smallest absolute Gasteiger partial charge is 0.136 e. The lowest BCUT2D eigenvalue weighted by molar-refractivity contribution is 0.361. The van der Waals surface area contributed by atoms with Crippen molar-refractivity contribution in [3.63, 3.8) is 0 Å². The van der Waals surface area contributed by atoms with E-state index in [4.69, 9.17) is 0 Å². The summed E-state index contributed by atoms with van der Waals surface area (Å²) in [6.07, 6.45) is 6.28. The quantitative estimate of drug-likeness (QED) is 0.464. The van der Waals surface area contributed by atoms with Gasteiger partial charge in [-0.05, 0) is 19.4 Å². The van der Waals surface area contributed by atoms with Crippen LogP contribution in [0.15, 0.2) is 23.8 Å². The Labute approximate surface area is 54.1 Å². The van der Waals surface area contributed by atoms with Crippen molar-refractivity contribution in [2.24, 2.45) is 5.92 Å². The maximum absolute atomic E-state index is 13.0. The molecule has 0 aromatic carbocycles. The molecule has 1 heteroatoms. The predicted octanol–water partition coefficient (Wildman–Crippen LogP) is 2.23. The largest absolute Gasteiger partial charge is 0.239 e. The van der Waals surface area contributed by atoms with Gasteiger partial charge in [0.2, 0.25) is 0 Å². The molecule has 0 heterocycles. The first-order chi connectivity index (χ1) is 4.21. The van der Waals surface area contributed by atoms with Gasteiger partial charge in [0.1, 0.15) is 5.67 Å². The highest BCUT2D eigenvalue weighted by Crippen LogP contribution is 2.51. The van der Waals surface area contributed by atoms with Crippen LogP contribution in [0.3, 0.4) is 0 Å². The van der Waals surface area contributed by atoms with Crippen LogP contribution in [0.25, 0.3) is 0 Å². The molecule has 0 bridgehead atoms. The average Bonchev–Trinajstić information content (AvgIpc) is 2.41. The number of fused-ring (bicyclic) bond motifs is 1. The van der Waals surface area contributed by atoms with Gasteiger partial charge in [0.15, 0.2) is 0 Å². The van der Waals surface area contributed by atoms with Crippen molar-refractivity contribution < 1.29 is 4.39 Å². The maximum Gasteiger partial charge on any atom is 0.136 e. The highest BCUT2D eigenvalue weighted by atomic mass is 19.1. The van der Waals surface area contributed by atoms with E-state index >= 15 is 0 Å². The predicted molar refractivity (Wildman–Crippen MR) is 34.8 cm³/mol. The fourth-order valence-corrected chi connectivity index (χ4v) is 1.31. The van der Waals surface area contributed by atoms with Gasteiger partial charge in [-0.25, -0.2) is 4.39 Å². The van der Waals surface area contributed by atoms with E-state index in [1.165, 1.54) is 5.57 Å². The summed E-state index contributed by atoms with van der Waals surface area (Å²) in [5.41, 5.74) is 0.269. The number of hydrogen-bond donors (Lipinski definition) is 0. The number of allylic oxidation sites excluding steroid dienone is 4. The summed E-state index contributed by atoms with van der Waals surface area (Å²) in [5.74, 6) is 0.211. The number of alkyl halides is 1. The van der Waals surface area contributed by atoms with Crippen LogP contribution < -0.4 is 0 Å². The highest BCUT2D eigenvalue weighted by molar-refractivity contribution is 5.36. The standard InChI is InChI=1S/C8H9F/c1-6-2-3-8(9)5-7(8)4-6/h2-4,7H,5H2,1H3. The summed E-state index contributed by atoms with van der Waals surface area (Å²) in [7, 11) is 0. The Morgan fingerprint density at radius 3 is 3.11 bits per heavy atom. The lowest BCUT2D eigenvalue weighted by Gasteiger charge is -2.03. The molecule has 2 unspecified atom stereocenters. The molecule has 1 fully saturated rings. The minimum atomic E-state index is -0.931. The third kappa shape index (κ3) is 0.640. The molecule has 2 rings (SSSR count). The van der Waals surface area contributed by atoms with E-state index in [-0.39, 0.29) is 5.92 Å². The van der Waals surface area contributed by atoms with E-state index in [9.17, 15) is 4.39 Å². The van der Waals surface area contributed by atoms with Crippen LogP contribution in [-0.4, -0.2) is 5.67 Å². The Bertz CT molecular complexity index is 203. The molecular formula is C8H9F. The fraction of sp³-hybridized carbons (Fsp3) is 0.500. The van der Waals surface area contributed by atoms with E-state index in [0.29, 0.717) is 6.42 Å². The van der Waals surface area contributed by atoms with Gasteiger partial charge in [-0.1, -0.05) is 17.7 Å². The van der Waals surface area contributed by atoms with Gasteiger partial charge >= 0.3 is 0 Å². The van der Waals surface area contributed by atoms with Crippen LogP contribution in [0, 0.1) is 5.92 Å². The first-order valence-corrected chi connectivity index (χ1v) is 3.27. The van der Waals surface area contributed by atoms with Crippen molar-refractivity contribution in [2.75, 3.05) is 0 Å². The van der Waals surface area contributed by atoms with Gasteiger partial charge in [0.25, 0.3) is 0 Å². The van der Waals surface area contributed by atoms with Crippen LogP contribution in [0.1, 0.15) is 13.3 Å². The lowest BCUT2D eigenvalue weighted by atomic mass is 10.1. The van der Waals surface area contributed by atoms with Crippen LogP contribution in [-0.2, 0) is 0 Å². The van der Waals surface area contributed by atoms with Crippen molar-refractivity contribution in [1.29, 1.82) is 0 Å². The van der Waals surface area contributed by atoms with Gasteiger partial charge in [0, 0.05) is 5.92 Å². The zero-order valence-electron chi connectivity index (χ0n) is 5.39. The molecule has 1 saturated carbocycles. The molecule has 0 amide bonds. The second-order valence-corrected chi connectivity index (χ2v) is 2.98. The SMILES string of the molecule is CC1=CC2CC2(F)C=C1. The van der Waals surface area contributed by atoms with Crippen LogP contribution in [0.4, 0.5) is 4.39 Å². The van der Waals surface area contributed by atoms with Crippen LogP contribution in [0.5, 0.6) is 0 Å². The molecule has 0 aliphatic heterocycles. The Morgan fingerprint density at radius 2 is 2.56 bits per heavy atom. The average molecular weight is 124 g/mol. The van der Waals surface area contributed by atoms with E-state index in [1.807, 2.05) is 19.1 Å². The summed E-state index contributed by atoms with van der Waals surface area (Å²) in [5, 5.41) is 0. The molecule has 0 N–H and O–H groups in total. The van der Waals surface area contributed by atoms with Crippen LogP contribution >= 0.6 is 0 Å². The molecule has 0 aromatic heterocycles. The fourth-order valence-electron chi connectivity index (χ4n) is 1.31. The molecular weight excluding hydrogens is 115 g/mol. The highest BCUT2D eigenvalue weighted by Gasteiger charge is 2.52. The summed E-state index contributed by atoms with van der Waals surface area (Å²) < 4.78 is 13.0. The zero-order valence-corrected chi connectivity index (χ0v) is 5.39. The number of rotatable bonds is 0. The Morgan fingerprint density at radius 1 is 1.78 bits per heavy atom. The first kappa shape index (κ1) is 5.21. The maximum atomic E-state index is 13.0. The Hall–Kier alpha value is -0.590. The normalized spacial score (nSPS) is 46.0. The van der Waals surface area contributed by atoms with Crippen molar-refractivity contribution in [2.45, 2.75) is 19.0 Å². The van der Waals surface area contributed by atoms with Gasteiger partial charge in [0.05, 0.1) is 0 Å². The van der Waals surface area contributed by atoms with Crippen molar-refractivity contribution >= 4 is 0 Å². The number of halogens is 1. The number of hydrogen-bond acceptors (Lipinski definition) is 0. The molecule has 2 aliphatic carbocycles. The molecule has 48 valence electrons. The summed E-state index contributed by atoms with van der Waals surface area (Å²) in [6.45, 7) is 2.01. The molecule has 0 spiro atoms. The van der Waals surface area contributed by atoms with E-state index in [1.54, 1.807) is 6.08 Å². The molecule has 0 saturated heterocycles. The van der Waals surface area contributed by atoms with Crippen molar-refractivity contribution in [3.05, 3.63) is 23.8 Å². The monoisotopic (exact) mass is 124 g/mol. The minimum Gasteiger partial charge on any atom is -0.239 e. The third-order valence-corrected chi connectivity index (χ3v) is 2.08. The van der Waals surface area contributed by atoms with E-state index in [2.05, 4.69) is 0 Å². The molecule has 2 atom stereocenters. The van der Waals surface area contributed by atoms with Gasteiger partial charge in [-0.2, -0.15) is 0 Å². The molecule has 0 nitrogen and oxygen atoms in total. The molecule has 9 heavy (non-hydrogen) atoms. The zero-order chi connectivity index (χ0) is 6.48. The van der Waals surface area contributed by atoms with Crippen molar-refractivity contribution in [3.8, 4) is 0 Å².